The maximum Gasteiger partial charge on any atom is 0.472 e. The number of carbonyl (C=O) groups is 2. The summed E-state index contributed by atoms with van der Waals surface area (Å²) in [6, 6.07) is 0. The van der Waals surface area contributed by atoms with Gasteiger partial charge >= 0.3 is 19.8 Å². The molecule has 0 aliphatic rings. The molecule has 2 unspecified atom stereocenters. The Hall–Kier alpha value is -1.21. The van der Waals surface area contributed by atoms with Gasteiger partial charge in [0.15, 0.2) is 6.10 Å². The van der Waals surface area contributed by atoms with E-state index in [2.05, 4.69) is 30.5 Å². The van der Waals surface area contributed by atoms with Crippen LogP contribution in [0.15, 0.2) is 12.2 Å². The molecule has 0 radical (unpaired) electrons. The zero-order chi connectivity index (χ0) is 36.1. The average molecular weight is 717 g/mol. The summed E-state index contributed by atoms with van der Waals surface area (Å²) in [6.07, 6.45) is 38.3. The molecule has 0 bridgehead atoms. The Morgan fingerprint density at radius 3 is 1.33 bits per heavy atom. The number of hydrogen-bond acceptors (Lipinski definition) is 7. The number of phosphoric acid groups is 1. The van der Waals surface area contributed by atoms with Crippen LogP contribution in [0.4, 0.5) is 0 Å². The number of esters is 2. The molecule has 0 rings (SSSR count). The van der Waals surface area contributed by atoms with Gasteiger partial charge in [-0.3, -0.25) is 18.6 Å². The van der Waals surface area contributed by atoms with Gasteiger partial charge in [-0.2, -0.15) is 0 Å². The van der Waals surface area contributed by atoms with Gasteiger partial charge in [0, 0.05) is 20.0 Å². The first-order valence-electron chi connectivity index (χ1n) is 20.4. The van der Waals surface area contributed by atoms with Crippen molar-refractivity contribution < 1.29 is 37.6 Å². The van der Waals surface area contributed by atoms with Crippen molar-refractivity contribution >= 4 is 19.8 Å². The van der Waals surface area contributed by atoms with Crippen molar-refractivity contribution in [3.8, 4) is 0 Å². The molecule has 0 aromatic rings. The number of rotatable bonds is 38. The van der Waals surface area contributed by atoms with Crippen LogP contribution in [0.2, 0.25) is 0 Å². The molecule has 0 heterocycles. The van der Waals surface area contributed by atoms with E-state index in [9.17, 15) is 19.0 Å². The van der Waals surface area contributed by atoms with E-state index in [1.54, 1.807) is 0 Å². The number of unbranched alkanes of at least 4 members (excludes halogenated alkanes) is 25. The van der Waals surface area contributed by atoms with Crippen molar-refractivity contribution in [3.63, 3.8) is 0 Å². The fourth-order valence-electron chi connectivity index (χ4n) is 5.83. The Morgan fingerprint density at radius 1 is 0.551 bits per heavy atom. The van der Waals surface area contributed by atoms with Crippen LogP contribution in [0.1, 0.15) is 206 Å². The Kier molecular flexibility index (Phi) is 35.7. The molecule has 2 atom stereocenters. The summed E-state index contributed by atoms with van der Waals surface area (Å²) >= 11 is 0. The lowest BCUT2D eigenvalue weighted by Crippen LogP contribution is -2.29. The molecule has 9 heteroatoms. The van der Waals surface area contributed by atoms with Crippen molar-refractivity contribution in [2.75, 3.05) is 20.3 Å². The second-order valence-electron chi connectivity index (χ2n) is 13.8. The van der Waals surface area contributed by atoms with Crippen LogP contribution in [-0.2, 0) is 32.7 Å². The monoisotopic (exact) mass is 717 g/mol. The molecular weight excluding hydrogens is 639 g/mol. The van der Waals surface area contributed by atoms with E-state index < -0.39 is 26.5 Å². The molecule has 0 spiro atoms. The maximum atomic E-state index is 12.5. The highest BCUT2D eigenvalue weighted by atomic mass is 31.2. The Balaban J connectivity index is 3.99. The fraction of sp³-hybridized carbons (Fsp3) is 0.900. The largest absolute Gasteiger partial charge is 0.472 e. The molecule has 0 aromatic heterocycles. The standard InChI is InChI=1S/C40H77O8P/c1-4-6-8-10-12-14-16-18-19-20-21-22-23-25-27-29-31-33-35-40(42)48-38(37-47-49(43,44)45-3)36-46-39(41)34-32-30-28-26-24-17-15-13-11-9-7-5-2/h19-20,38H,4-18,21-37H2,1-3H3,(H,43,44)/b20-19-. The molecule has 0 saturated carbocycles. The van der Waals surface area contributed by atoms with Crippen LogP contribution in [0, 0.1) is 0 Å². The summed E-state index contributed by atoms with van der Waals surface area (Å²) in [5.41, 5.74) is 0. The third kappa shape index (κ3) is 36.4. The van der Waals surface area contributed by atoms with E-state index >= 15 is 0 Å². The lowest BCUT2D eigenvalue weighted by atomic mass is 10.0. The van der Waals surface area contributed by atoms with Gasteiger partial charge in [0.2, 0.25) is 0 Å². The van der Waals surface area contributed by atoms with Crippen LogP contribution in [0.25, 0.3) is 0 Å². The number of phosphoric ester groups is 1. The predicted molar refractivity (Wildman–Crippen MR) is 203 cm³/mol. The Bertz CT molecular complexity index is 818. The van der Waals surface area contributed by atoms with Crippen LogP contribution < -0.4 is 0 Å². The summed E-state index contributed by atoms with van der Waals surface area (Å²) in [4.78, 5) is 34.4. The number of carbonyl (C=O) groups excluding carboxylic acids is 2. The number of hydrogen-bond donors (Lipinski definition) is 1. The van der Waals surface area contributed by atoms with Crippen LogP contribution in [0.5, 0.6) is 0 Å². The minimum Gasteiger partial charge on any atom is -0.462 e. The zero-order valence-corrected chi connectivity index (χ0v) is 33.0. The third-order valence-electron chi connectivity index (χ3n) is 9.01. The molecule has 0 amide bonds. The molecule has 8 nitrogen and oxygen atoms in total. The van der Waals surface area contributed by atoms with Crippen LogP contribution in [-0.4, -0.2) is 43.3 Å². The second-order valence-corrected chi connectivity index (χ2v) is 15.3. The van der Waals surface area contributed by atoms with Crippen molar-refractivity contribution in [2.24, 2.45) is 0 Å². The quantitative estimate of drug-likeness (QED) is 0.0291. The second kappa shape index (κ2) is 36.6. The van der Waals surface area contributed by atoms with Gasteiger partial charge in [0.1, 0.15) is 6.61 Å². The lowest BCUT2D eigenvalue weighted by molar-refractivity contribution is -0.161. The third-order valence-corrected chi connectivity index (χ3v) is 9.95. The van der Waals surface area contributed by atoms with E-state index in [4.69, 9.17) is 14.0 Å². The van der Waals surface area contributed by atoms with Crippen molar-refractivity contribution in [1.29, 1.82) is 0 Å². The summed E-state index contributed by atoms with van der Waals surface area (Å²) < 4.78 is 31.9. The molecule has 290 valence electrons. The minimum absolute atomic E-state index is 0.221. The molecule has 0 fully saturated rings. The predicted octanol–water partition coefficient (Wildman–Crippen LogP) is 12.5. The minimum atomic E-state index is -4.25. The van der Waals surface area contributed by atoms with E-state index in [-0.39, 0.29) is 19.0 Å². The summed E-state index contributed by atoms with van der Waals surface area (Å²) in [5.74, 6) is -0.800. The molecule has 0 aliphatic heterocycles. The Labute approximate surface area is 301 Å². The molecule has 1 N–H and O–H groups in total. The SMILES string of the molecule is CCCCCCCCC/C=C\CCCCCCCCCC(=O)OC(COC(=O)CCCCCCCCCCCCCC)COP(=O)(O)OC. The number of ether oxygens (including phenoxy) is 2. The molecule has 0 saturated heterocycles. The molecule has 0 aliphatic carbocycles. The van der Waals surface area contributed by atoms with Gasteiger partial charge in [0.25, 0.3) is 0 Å². The normalized spacial score (nSPS) is 13.5. The smallest absolute Gasteiger partial charge is 0.462 e. The Morgan fingerprint density at radius 2 is 0.918 bits per heavy atom. The maximum absolute atomic E-state index is 12.5. The highest BCUT2D eigenvalue weighted by Crippen LogP contribution is 2.42. The van der Waals surface area contributed by atoms with E-state index in [1.807, 2.05) is 0 Å². The van der Waals surface area contributed by atoms with E-state index in [0.717, 1.165) is 52.1 Å². The first kappa shape index (κ1) is 47.8. The first-order valence-corrected chi connectivity index (χ1v) is 21.9. The van der Waals surface area contributed by atoms with E-state index in [1.165, 1.54) is 128 Å². The van der Waals surface area contributed by atoms with Crippen LogP contribution in [0.3, 0.4) is 0 Å². The first-order chi connectivity index (χ1) is 23.8. The van der Waals surface area contributed by atoms with Crippen molar-refractivity contribution in [3.05, 3.63) is 12.2 Å². The van der Waals surface area contributed by atoms with Gasteiger partial charge in [0.05, 0.1) is 6.61 Å². The summed E-state index contributed by atoms with van der Waals surface area (Å²) in [7, 11) is -3.19. The summed E-state index contributed by atoms with van der Waals surface area (Å²) in [6.45, 7) is 3.89. The molecular formula is C40H77O8P. The van der Waals surface area contributed by atoms with Gasteiger partial charge < -0.3 is 14.4 Å². The van der Waals surface area contributed by atoms with Gasteiger partial charge in [-0.15, -0.1) is 0 Å². The van der Waals surface area contributed by atoms with Gasteiger partial charge in [-0.1, -0.05) is 167 Å². The highest BCUT2D eigenvalue weighted by molar-refractivity contribution is 7.47. The summed E-state index contributed by atoms with van der Waals surface area (Å²) in [5, 5.41) is 0. The van der Waals surface area contributed by atoms with Crippen LogP contribution >= 0.6 is 7.82 Å². The fourth-order valence-corrected chi connectivity index (χ4v) is 6.29. The molecule has 0 aromatic carbocycles. The molecule has 49 heavy (non-hydrogen) atoms. The lowest BCUT2D eigenvalue weighted by Gasteiger charge is -2.19. The van der Waals surface area contributed by atoms with E-state index in [0.29, 0.717) is 12.8 Å². The van der Waals surface area contributed by atoms with Crippen molar-refractivity contribution in [2.45, 2.75) is 213 Å². The van der Waals surface area contributed by atoms with Gasteiger partial charge in [-0.25, -0.2) is 4.57 Å². The van der Waals surface area contributed by atoms with Crippen molar-refractivity contribution in [1.82, 2.24) is 0 Å². The number of allylic oxidation sites excluding steroid dienone is 2. The average Bonchev–Trinajstić information content (AvgIpc) is 3.09. The zero-order valence-electron chi connectivity index (χ0n) is 32.1. The topological polar surface area (TPSA) is 108 Å². The van der Waals surface area contributed by atoms with Gasteiger partial charge in [-0.05, 0) is 38.5 Å². The highest BCUT2D eigenvalue weighted by Gasteiger charge is 2.24.